The van der Waals surface area contributed by atoms with Gasteiger partial charge < -0.3 is 15.5 Å². The van der Waals surface area contributed by atoms with Crippen LogP contribution in [0.15, 0.2) is 0 Å². The molecule has 0 aromatic heterocycles. The van der Waals surface area contributed by atoms with Gasteiger partial charge in [0.05, 0.1) is 11.3 Å². The fourth-order valence-electron chi connectivity index (χ4n) is 2.33. The van der Waals surface area contributed by atoms with E-state index in [2.05, 4.69) is 10.6 Å². The molecule has 0 radical (unpaired) electrons. The summed E-state index contributed by atoms with van der Waals surface area (Å²) in [6.45, 7) is 5.26. The minimum Gasteiger partial charge on any atom is -0.346 e. The minimum atomic E-state index is -0.330. The van der Waals surface area contributed by atoms with E-state index in [1.165, 1.54) is 0 Å². The molecule has 0 aliphatic carbocycles. The van der Waals surface area contributed by atoms with Gasteiger partial charge in [0.25, 0.3) is 0 Å². The van der Waals surface area contributed by atoms with E-state index in [0.717, 1.165) is 44.8 Å². The molecule has 2 N–H and O–H groups in total. The lowest BCUT2D eigenvalue weighted by molar-refractivity contribution is -0.133. The molecule has 2 rings (SSSR count). The summed E-state index contributed by atoms with van der Waals surface area (Å²) in [4.78, 5) is 25.7. The van der Waals surface area contributed by atoms with Gasteiger partial charge >= 0.3 is 0 Å². The maximum Gasteiger partial charge on any atom is 0.242 e. The van der Waals surface area contributed by atoms with Crippen LogP contribution in [-0.2, 0) is 9.59 Å². The lowest BCUT2D eigenvalue weighted by Crippen LogP contribution is -2.51. The Morgan fingerprint density at radius 1 is 1.39 bits per heavy atom. The number of nitrogens with one attached hydrogen (secondary N) is 2. The molecule has 1 atom stereocenters. The quantitative estimate of drug-likeness (QED) is 0.747. The van der Waals surface area contributed by atoms with Crippen LogP contribution in [0, 0.1) is 0 Å². The summed E-state index contributed by atoms with van der Waals surface area (Å²) in [6, 6.07) is 0. The third-order valence-electron chi connectivity index (χ3n) is 3.57. The van der Waals surface area contributed by atoms with Crippen LogP contribution in [0.25, 0.3) is 0 Å². The van der Waals surface area contributed by atoms with Crippen LogP contribution in [0.4, 0.5) is 0 Å². The molecule has 2 amide bonds. The number of amides is 2. The Bertz CT molecular complexity index is 323. The van der Waals surface area contributed by atoms with Crippen LogP contribution in [0.5, 0.6) is 0 Å². The van der Waals surface area contributed by atoms with Crippen LogP contribution in [0.3, 0.4) is 0 Å². The van der Waals surface area contributed by atoms with E-state index in [-0.39, 0.29) is 23.1 Å². The van der Waals surface area contributed by atoms with E-state index >= 15 is 0 Å². The summed E-state index contributed by atoms with van der Waals surface area (Å²) in [6.07, 6.45) is 1.99. The number of nitrogens with zero attached hydrogens (tertiary/aromatic N) is 1. The van der Waals surface area contributed by atoms with Gasteiger partial charge in [-0.15, -0.1) is 11.8 Å². The molecule has 5 nitrogen and oxygen atoms in total. The van der Waals surface area contributed by atoms with Gasteiger partial charge in [0.2, 0.25) is 11.8 Å². The molecule has 2 aliphatic heterocycles. The lowest BCUT2D eigenvalue weighted by Gasteiger charge is -2.28. The molecule has 2 saturated heterocycles. The van der Waals surface area contributed by atoms with Crippen LogP contribution in [0.1, 0.15) is 19.8 Å². The summed E-state index contributed by atoms with van der Waals surface area (Å²) in [5, 5.41) is 5.99. The first kappa shape index (κ1) is 13.7. The Morgan fingerprint density at radius 2 is 2.11 bits per heavy atom. The largest absolute Gasteiger partial charge is 0.346 e. The normalized spacial score (nSPS) is 28.2. The van der Waals surface area contributed by atoms with Gasteiger partial charge in [0.15, 0.2) is 0 Å². The molecule has 2 aliphatic rings. The van der Waals surface area contributed by atoms with Crippen molar-refractivity contribution in [1.29, 1.82) is 0 Å². The van der Waals surface area contributed by atoms with Crippen molar-refractivity contribution in [2.75, 3.05) is 38.5 Å². The van der Waals surface area contributed by atoms with Crippen molar-refractivity contribution in [3.63, 3.8) is 0 Å². The molecule has 1 unspecified atom stereocenters. The molecule has 0 bridgehead atoms. The Labute approximate surface area is 112 Å². The number of thioether (sulfide) groups is 1. The highest BCUT2D eigenvalue weighted by atomic mass is 32.2. The second-order valence-electron chi connectivity index (χ2n) is 5.00. The molecule has 0 spiro atoms. The van der Waals surface area contributed by atoms with Crippen molar-refractivity contribution in [2.45, 2.75) is 24.5 Å². The smallest absolute Gasteiger partial charge is 0.242 e. The fraction of sp³-hybridized carbons (Fsp3) is 0.833. The molecule has 2 fully saturated rings. The number of piperazine rings is 1. The molecular formula is C12H21N3O2S. The van der Waals surface area contributed by atoms with E-state index in [4.69, 9.17) is 0 Å². The Morgan fingerprint density at radius 3 is 2.72 bits per heavy atom. The molecule has 18 heavy (non-hydrogen) atoms. The highest BCUT2D eigenvalue weighted by Crippen LogP contribution is 2.37. The van der Waals surface area contributed by atoms with Gasteiger partial charge in [-0.3, -0.25) is 9.59 Å². The van der Waals surface area contributed by atoms with Crippen molar-refractivity contribution in [3.05, 3.63) is 0 Å². The SMILES string of the molecule is CC1(C(=O)NCC(=O)N2CCNCC2)CCCS1. The van der Waals surface area contributed by atoms with Gasteiger partial charge in [0, 0.05) is 26.2 Å². The first-order valence-electron chi connectivity index (χ1n) is 6.52. The van der Waals surface area contributed by atoms with Crippen LogP contribution >= 0.6 is 11.8 Å². The van der Waals surface area contributed by atoms with E-state index in [9.17, 15) is 9.59 Å². The summed E-state index contributed by atoms with van der Waals surface area (Å²) in [5.74, 6) is 1.07. The Kier molecular flexibility index (Phi) is 4.50. The Hall–Kier alpha value is -0.750. The number of rotatable bonds is 3. The molecule has 0 saturated carbocycles. The van der Waals surface area contributed by atoms with E-state index in [1.807, 2.05) is 6.92 Å². The van der Waals surface area contributed by atoms with Crippen molar-refractivity contribution in [1.82, 2.24) is 15.5 Å². The predicted octanol–water partition coefficient (Wildman–Crippen LogP) is -0.180. The topological polar surface area (TPSA) is 61.4 Å². The third-order valence-corrected chi connectivity index (χ3v) is 5.09. The summed E-state index contributed by atoms with van der Waals surface area (Å²) < 4.78 is -0.330. The number of hydrogen-bond acceptors (Lipinski definition) is 4. The summed E-state index contributed by atoms with van der Waals surface area (Å²) in [5.41, 5.74) is 0. The van der Waals surface area contributed by atoms with Crippen molar-refractivity contribution in [3.8, 4) is 0 Å². The molecule has 0 aromatic carbocycles. The number of hydrogen-bond donors (Lipinski definition) is 2. The van der Waals surface area contributed by atoms with E-state index in [1.54, 1.807) is 16.7 Å². The summed E-state index contributed by atoms with van der Waals surface area (Å²) in [7, 11) is 0. The summed E-state index contributed by atoms with van der Waals surface area (Å²) >= 11 is 1.69. The minimum absolute atomic E-state index is 0.00786. The second kappa shape index (κ2) is 5.93. The van der Waals surface area contributed by atoms with Gasteiger partial charge in [-0.2, -0.15) is 0 Å². The zero-order chi connectivity index (χ0) is 13.0. The van der Waals surface area contributed by atoms with Crippen LogP contribution in [0.2, 0.25) is 0 Å². The highest BCUT2D eigenvalue weighted by Gasteiger charge is 2.37. The predicted molar refractivity (Wildman–Crippen MR) is 72.6 cm³/mol. The van der Waals surface area contributed by atoms with Gasteiger partial charge in [-0.05, 0) is 25.5 Å². The van der Waals surface area contributed by atoms with E-state index in [0.29, 0.717) is 0 Å². The van der Waals surface area contributed by atoms with Gasteiger partial charge in [0.1, 0.15) is 0 Å². The van der Waals surface area contributed by atoms with Gasteiger partial charge in [-0.1, -0.05) is 0 Å². The second-order valence-corrected chi connectivity index (χ2v) is 6.59. The molecule has 2 heterocycles. The Balaban J connectivity index is 1.76. The standard InChI is InChI=1S/C12H21N3O2S/c1-12(3-2-8-18-12)11(17)14-9-10(16)15-6-4-13-5-7-15/h13H,2-9H2,1H3,(H,14,17). The van der Waals surface area contributed by atoms with Crippen molar-refractivity contribution < 1.29 is 9.59 Å². The molecule has 6 heteroatoms. The van der Waals surface area contributed by atoms with Crippen molar-refractivity contribution in [2.24, 2.45) is 0 Å². The zero-order valence-electron chi connectivity index (χ0n) is 10.8. The van der Waals surface area contributed by atoms with Gasteiger partial charge in [-0.25, -0.2) is 0 Å². The number of carbonyl (C=O) groups excluding carboxylic acids is 2. The maximum atomic E-state index is 12.0. The average Bonchev–Trinajstić information content (AvgIpc) is 2.85. The monoisotopic (exact) mass is 271 g/mol. The average molecular weight is 271 g/mol. The van der Waals surface area contributed by atoms with Crippen LogP contribution in [-0.4, -0.2) is 59.9 Å². The first-order chi connectivity index (χ1) is 8.62. The molecular weight excluding hydrogens is 250 g/mol. The lowest BCUT2D eigenvalue weighted by atomic mass is 10.1. The fourth-order valence-corrected chi connectivity index (χ4v) is 3.56. The maximum absolute atomic E-state index is 12.0. The van der Waals surface area contributed by atoms with E-state index < -0.39 is 0 Å². The molecule has 102 valence electrons. The third kappa shape index (κ3) is 3.17. The molecule has 0 aromatic rings. The first-order valence-corrected chi connectivity index (χ1v) is 7.51. The highest BCUT2D eigenvalue weighted by molar-refractivity contribution is 8.01. The number of carbonyl (C=O) groups is 2. The zero-order valence-corrected chi connectivity index (χ0v) is 11.6. The van der Waals surface area contributed by atoms with Crippen molar-refractivity contribution >= 4 is 23.6 Å². The van der Waals surface area contributed by atoms with Crippen LogP contribution < -0.4 is 10.6 Å².